The minimum atomic E-state index is 0.780. The Kier molecular flexibility index (Phi) is 2.84. The smallest absolute Gasteiger partial charge is 0.0637 e. The fourth-order valence-corrected chi connectivity index (χ4v) is 1.73. The molecule has 0 bridgehead atoms. The summed E-state index contributed by atoms with van der Waals surface area (Å²) in [6, 6.07) is 8.46. The molecule has 2 heteroatoms. The number of benzene rings is 1. The van der Waals surface area contributed by atoms with Crippen molar-refractivity contribution in [2.45, 2.75) is 0 Å². The maximum Gasteiger partial charge on any atom is 0.0637 e. The second-order valence-electron chi connectivity index (χ2n) is 3.40. The molecule has 1 heterocycles. The van der Waals surface area contributed by atoms with Gasteiger partial charge in [-0.2, -0.15) is 0 Å². The van der Waals surface area contributed by atoms with Crippen LogP contribution in [-0.4, -0.2) is 26.8 Å². The van der Waals surface area contributed by atoms with E-state index in [-0.39, 0.29) is 0 Å². The summed E-state index contributed by atoms with van der Waals surface area (Å²) >= 11 is 0. The Morgan fingerprint density at radius 2 is 2.21 bits per heavy atom. The molecule has 1 aliphatic heterocycles. The number of hydrogen-bond donors (Lipinski definition) is 0. The molecule has 1 aliphatic rings. The fourth-order valence-electron chi connectivity index (χ4n) is 1.73. The molecule has 0 fully saturated rings. The highest BCUT2D eigenvalue weighted by Crippen LogP contribution is 2.24. The molecule has 0 saturated heterocycles. The molecule has 2 nitrogen and oxygen atoms in total. The van der Waals surface area contributed by atoms with Crippen molar-refractivity contribution in [1.82, 2.24) is 0 Å². The van der Waals surface area contributed by atoms with Gasteiger partial charge in [-0.05, 0) is 11.6 Å². The molecule has 0 saturated carbocycles. The SMILES string of the molecule is COCCN1CC=Cc2ccccc21. The van der Waals surface area contributed by atoms with Crippen molar-refractivity contribution < 1.29 is 4.74 Å². The molecule has 0 spiro atoms. The molecule has 0 unspecified atom stereocenters. The lowest BCUT2D eigenvalue weighted by Gasteiger charge is -2.27. The number of nitrogens with zero attached hydrogens (tertiary/aromatic N) is 1. The van der Waals surface area contributed by atoms with Crippen LogP contribution in [0.15, 0.2) is 30.3 Å². The summed E-state index contributed by atoms with van der Waals surface area (Å²) in [5, 5.41) is 0. The van der Waals surface area contributed by atoms with Crippen LogP contribution in [0.3, 0.4) is 0 Å². The van der Waals surface area contributed by atoms with E-state index >= 15 is 0 Å². The maximum absolute atomic E-state index is 5.09. The first-order valence-corrected chi connectivity index (χ1v) is 4.91. The molecule has 74 valence electrons. The number of para-hydroxylation sites is 1. The highest BCUT2D eigenvalue weighted by molar-refractivity contribution is 5.71. The molecule has 0 amide bonds. The van der Waals surface area contributed by atoms with Gasteiger partial charge >= 0.3 is 0 Å². The monoisotopic (exact) mass is 189 g/mol. The van der Waals surface area contributed by atoms with E-state index in [1.165, 1.54) is 11.3 Å². The number of rotatable bonds is 3. The Labute approximate surface area is 84.8 Å². The highest BCUT2D eigenvalue weighted by atomic mass is 16.5. The van der Waals surface area contributed by atoms with E-state index < -0.39 is 0 Å². The van der Waals surface area contributed by atoms with Crippen LogP contribution in [0.25, 0.3) is 6.08 Å². The van der Waals surface area contributed by atoms with Gasteiger partial charge in [-0.25, -0.2) is 0 Å². The molecule has 14 heavy (non-hydrogen) atoms. The summed E-state index contributed by atoms with van der Waals surface area (Å²) in [6.07, 6.45) is 4.37. The van der Waals surface area contributed by atoms with Gasteiger partial charge in [0, 0.05) is 25.9 Å². The number of fused-ring (bicyclic) bond motifs is 1. The third kappa shape index (κ3) is 1.80. The average Bonchev–Trinajstić information content (AvgIpc) is 2.26. The van der Waals surface area contributed by atoms with Gasteiger partial charge in [0.2, 0.25) is 0 Å². The summed E-state index contributed by atoms with van der Waals surface area (Å²) in [7, 11) is 1.74. The first kappa shape index (κ1) is 9.28. The van der Waals surface area contributed by atoms with E-state index in [1.807, 2.05) is 0 Å². The van der Waals surface area contributed by atoms with Crippen LogP contribution in [0, 0.1) is 0 Å². The zero-order valence-electron chi connectivity index (χ0n) is 8.44. The van der Waals surface area contributed by atoms with Crippen LogP contribution in [0.1, 0.15) is 5.56 Å². The Morgan fingerprint density at radius 3 is 3.07 bits per heavy atom. The van der Waals surface area contributed by atoms with Gasteiger partial charge in [0.05, 0.1) is 6.61 Å². The van der Waals surface area contributed by atoms with Crippen LogP contribution < -0.4 is 4.90 Å². The topological polar surface area (TPSA) is 12.5 Å². The van der Waals surface area contributed by atoms with Gasteiger partial charge in [0.1, 0.15) is 0 Å². The molecule has 0 atom stereocenters. The van der Waals surface area contributed by atoms with Crippen LogP contribution in [0.4, 0.5) is 5.69 Å². The molecular formula is C12H15NO. The van der Waals surface area contributed by atoms with Crippen molar-refractivity contribution >= 4 is 11.8 Å². The predicted octanol–water partition coefficient (Wildman–Crippen LogP) is 2.17. The number of anilines is 1. The lowest BCUT2D eigenvalue weighted by molar-refractivity contribution is 0.205. The summed E-state index contributed by atoms with van der Waals surface area (Å²) in [5.41, 5.74) is 2.61. The quantitative estimate of drug-likeness (QED) is 0.722. The van der Waals surface area contributed by atoms with Gasteiger partial charge in [-0.15, -0.1) is 0 Å². The second kappa shape index (κ2) is 4.29. The minimum absolute atomic E-state index is 0.780. The third-order valence-electron chi connectivity index (χ3n) is 2.47. The minimum Gasteiger partial charge on any atom is -0.383 e. The first-order valence-electron chi connectivity index (χ1n) is 4.91. The largest absolute Gasteiger partial charge is 0.383 e. The van der Waals surface area contributed by atoms with Crippen molar-refractivity contribution in [2.75, 3.05) is 31.7 Å². The van der Waals surface area contributed by atoms with E-state index in [0.29, 0.717) is 0 Å². The van der Waals surface area contributed by atoms with E-state index in [2.05, 4.69) is 41.3 Å². The Hall–Kier alpha value is -1.28. The summed E-state index contributed by atoms with van der Waals surface area (Å²) < 4.78 is 5.09. The summed E-state index contributed by atoms with van der Waals surface area (Å²) in [4.78, 5) is 2.33. The standard InChI is InChI=1S/C12H15NO/c1-14-10-9-13-8-4-6-11-5-2-3-7-12(11)13/h2-7H,8-10H2,1H3. The van der Waals surface area contributed by atoms with Gasteiger partial charge < -0.3 is 9.64 Å². The number of hydrogen-bond acceptors (Lipinski definition) is 2. The van der Waals surface area contributed by atoms with Crippen LogP contribution in [0.2, 0.25) is 0 Å². The highest BCUT2D eigenvalue weighted by Gasteiger charge is 2.10. The normalized spacial score (nSPS) is 14.2. The maximum atomic E-state index is 5.09. The van der Waals surface area contributed by atoms with E-state index in [4.69, 9.17) is 4.74 Å². The lowest BCUT2D eigenvalue weighted by atomic mass is 10.1. The van der Waals surface area contributed by atoms with Crippen LogP contribution in [0.5, 0.6) is 0 Å². The zero-order valence-corrected chi connectivity index (χ0v) is 8.44. The Balaban J connectivity index is 2.18. The summed E-state index contributed by atoms with van der Waals surface area (Å²) in [6.45, 7) is 2.72. The summed E-state index contributed by atoms with van der Waals surface area (Å²) in [5.74, 6) is 0. The lowest BCUT2D eigenvalue weighted by Crippen LogP contribution is -2.29. The van der Waals surface area contributed by atoms with Crippen molar-refractivity contribution in [2.24, 2.45) is 0 Å². The molecule has 1 aromatic rings. The third-order valence-corrected chi connectivity index (χ3v) is 2.47. The fraction of sp³-hybridized carbons (Fsp3) is 0.333. The van der Waals surface area contributed by atoms with Gasteiger partial charge in [0.15, 0.2) is 0 Å². The zero-order chi connectivity index (χ0) is 9.80. The number of ether oxygens (including phenoxy) is 1. The van der Waals surface area contributed by atoms with Crippen molar-refractivity contribution in [1.29, 1.82) is 0 Å². The predicted molar refractivity (Wildman–Crippen MR) is 59.6 cm³/mol. The van der Waals surface area contributed by atoms with Crippen molar-refractivity contribution in [3.8, 4) is 0 Å². The van der Waals surface area contributed by atoms with E-state index in [0.717, 1.165) is 19.7 Å². The van der Waals surface area contributed by atoms with E-state index in [9.17, 15) is 0 Å². The molecule has 1 aromatic carbocycles. The van der Waals surface area contributed by atoms with Crippen LogP contribution >= 0.6 is 0 Å². The van der Waals surface area contributed by atoms with Crippen molar-refractivity contribution in [3.63, 3.8) is 0 Å². The van der Waals surface area contributed by atoms with Gasteiger partial charge in [-0.3, -0.25) is 0 Å². The molecule has 0 radical (unpaired) electrons. The van der Waals surface area contributed by atoms with Crippen LogP contribution in [-0.2, 0) is 4.74 Å². The van der Waals surface area contributed by atoms with E-state index in [1.54, 1.807) is 7.11 Å². The molecule has 0 N–H and O–H groups in total. The number of methoxy groups -OCH3 is 1. The van der Waals surface area contributed by atoms with Gasteiger partial charge in [0.25, 0.3) is 0 Å². The molecule has 2 rings (SSSR count). The second-order valence-corrected chi connectivity index (χ2v) is 3.40. The molecular weight excluding hydrogens is 174 g/mol. The average molecular weight is 189 g/mol. The molecule has 0 aliphatic carbocycles. The molecule has 0 aromatic heterocycles. The van der Waals surface area contributed by atoms with Gasteiger partial charge in [-0.1, -0.05) is 30.4 Å². The Bertz CT molecular complexity index is 333. The van der Waals surface area contributed by atoms with Crippen molar-refractivity contribution in [3.05, 3.63) is 35.9 Å². The Morgan fingerprint density at radius 1 is 1.36 bits per heavy atom. The first-order chi connectivity index (χ1) is 6.92.